The van der Waals surface area contributed by atoms with Gasteiger partial charge < -0.3 is 5.32 Å². The summed E-state index contributed by atoms with van der Waals surface area (Å²) in [7, 11) is -4.51. The zero-order chi connectivity index (χ0) is 24.7. The summed E-state index contributed by atoms with van der Waals surface area (Å²) in [6, 6.07) is 5.99. The van der Waals surface area contributed by atoms with Gasteiger partial charge in [-0.1, -0.05) is 6.07 Å². The summed E-state index contributed by atoms with van der Waals surface area (Å²) >= 11 is 1.14. The number of aromatic nitrogens is 1. The monoisotopic (exact) mass is 522 g/mol. The van der Waals surface area contributed by atoms with Crippen LogP contribution in [0.5, 0.6) is 0 Å². The molecule has 3 aromatic rings. The lowest BCUT2D eigenvalue weighted by Crippen LogP contribution is -2.29. The number of nitrogens with zero attached hydrogens (tertiary/aromatic N) is 2. The number of anilines is 2. The van der Waals surface area contributed by atoms with Crippen LogP contribution < -0.4 is 10.0 Å². The molecule has 2 saturated heterocycles. The largest absolute Gasteiger partial charge is 0.381 e. The van der Waals surface area contributed by atoms with Gasteiger partial charge in [0.25, 0.3) is 10.0 Å². The van der Waals surface area contributed by atoms with E-state index in [2.05, 4.69) is 19.9 Å². The molecule has 0 spiro atoms. The zero-order valence-electron chi connectivity index (χ0n) is 19.0. The second kappa shape index (κ2) is 9.44. The van der Waals surface area contributed by atoms with Crippen LogP contribution >= 0.6 is 11.3 Å². The van der Waals surface area contributed by atoms with Gasteiger partial charge in [0.2, 0.25) is 0 Å². The van der Waals surface area contributed by atoms with Crippen molar-refractivity contribution in [2.24, 2.45) is 0 Å². The Bertz CT molecular complexity index is 1310. The van der Waals surface area contributed by atoms with Crippen LogP contribution in [0.15, 0.2) is 40.1 Å². The fraction of sp³-hybridized carbons (Fsp3) is 0.375. The van der Waals surface area contributed by atoms with Crippen molar-refractivity contribution < 1.29 is 21.6 Å². The fourth-order valence-electron chi connectivity index (χ4n) is 5.21. The molecule has 0 radical (unpaired) electrons. The number of thiazole rings is 1. The van der Waals surface area contributed by atoms with Gasteiger partial charge in [0.15, 0.2) is 10.7 Å². The number of aryl methyl sites for hydroxylation is 1. The van der Waals surface area contributed by atoms with Crippen molar-refractivity contribution in [2.45, 2.75) is 62.7 Å². The summed E-state index contributed by atoms with van der Waals surface area (Å²) in [6.45, 7) is 2.58. The van der Waals surface area contributed by atoms with E-state index in [0.29, 0.717) is 24.2 Å². The maximum atomic E-state index is 14.9. The number of benzene rings is 2. The highest BCUT2D eigenvalue weighted by atomic mass is 32.2. The minimum Gasteiger partial charge on any atom is -0.381 e. The fourth-order valence-corrected chi connectivity index (χ4v) is 6.89. The molecule has 35 heavy (non-hydrogen) atoms. The van der Waals surface area contributed by atoms with E-state index < -0.39 is 32.4 Å². The highest BCUT2D eigenvalue weighted by molar-refractivity contribution is 7.92. The van der Waals surface area contributed by atoms with Crippen molar-refractivity contribution in [3.63, 3.8) is 0 Å². The number of hydrogen-bond acceptors (Lipinski definition) is 6. The topological polar surface area (TPSA) is 74.3 Å². The van der Waals surface area contributed by atoms with Crippen molar-refractivity contribution >= 4 is 32.9 Å². The van der Waals surface area contributed by atoms with Gasteiger partial charge in [0, 0.05) is 41.8 Å². The molecule has 3 heterocycles. The molecule has 1 aromatic heterocycles. The Hall–Kier alpha value is -2.63. The Morgan fingerprint density at radius 2 is 1.69 bits per heavy atom. The molecule has 2 N–H and O–H groups in total. The number of hydrogen-bond donors (Lipinski definition) is 2. The van der Waals surface area contributed by atoms with Crippen molar-refractivity contribution in [3.8, 4) is 0 Å². The second-order valence-electron chi connectivity index (χ2n) is 9.06. The van der Waals surface area contributed by atoms with Gasteiger partial charge in [-0.3, -0.25) is 9.62 Å². The minimum absolute atomic E-state index is 0.00801. The van der Waals surface area contributed by atoms with E-state index in [0.717, 1.165) is 60.3 Å². The number of fused-ring (bicyclic) bond motifs is 2. The van der Waals surface area contributed by atoms with Gasteiger partial charge >= 0.3 is 0 Å². The van der Waals surface area contributed by atoms with Crippen molar-refractivity contribution in [3.05, 3.63) is 69.3 Å². The molecule has 2 fully saturated rings. The van der Waals surface area contributed by atoms with Crippen molar-refractivity contribution in [1.29, 1.82) is 0 Å². The van der Waals surface area contributed by atoms with Gasteiger partial charge in [-0.05, 0) is 61.9 Å². The third-order valence-electron chi connectivity index (χ3n) is 6.96. The van der Waals surface area contributed by atoms with E-state index in [1.807, 2.05) is 6.92 Å². The second-order valence-corrected chi connectivity index (χ2v) is 11.4. The Labute approximate surface area is 206 Å². The van der Waals surface area contributed by atoms with Crippen LogP contribution in [0, 0.1) is 24.4 Å². The lowest BCUT2D eigenvalue weighted by molar-refractivity contribution is 0.242. The number of rotatable bonds is 8. The molecule has 0 amide bonds. The normalized spacial score (nSPS) is 19.9. The molecule has 2 aliphatic rings. The van der Waals surface area contributed by atoms with Crippen molar-refractivity contribution in [2.75, 3.05) is 10.0 Å². The van der Waals surface area contributed by atoms with E-state index in [4.69, 9.17) is 0 Å². The van der Waals surface area contributed by atoms with E-state index in [1.165, 1.54) is 17.0 Å². The molecule has 11 heteroatoms. The lowest BCUT2D eigenvalue weighted by Gasteiger charge is -2.25. The van der Waals surface area contributed by atoms with Crippen LogP contribution in [0.3, 0.4) is 0 Å². The maximum Gasteiger partial charge on any atom is 0.268 e. The number of halogens is 3. The minimum atomic E-state index is -4.51. The number of nitrogens with one attached hydrogen (secondary N) is 2. The highest BCUT2D eigenvalue weighted by Gasteiger charge is 2.39. The first-order valence-electron chi connectivity index (χ1n) is 11.4. The third kappa shape index (κ3) is 4.76. The molecule has 0 unspecified atom stereocenters. The van der Waals surface area contributed by atoms with E-state index in [1.54, 1.807) is 6.07 Å². The Kier molecular flexibility index (Phi) is 6.49. The summed E-state index contributed by atoms with van der Waals surface area (Å²) in [4.78, 5) is 5.12. The quantitative estimate of drug-likeness (QED) is 0.414. The van der Waals surface area contributed by atoms with Crippen LogP contribution in [-0.4, -0.2) is 30.4 Å². The third-order valence-corrected chi connectivity index (χ3v) is 8.95. The summed E-state index contributed by atoms with van der Waals surface area (Å²) in [5, 5.41) is 4.28. The molecule has 5 rings (SSSR count). The molecular formula is C24H25F3N4O2S2. The lowest BCUT2D eigenvalue weighted by atomic mass is 10.00. The van der Waals surface area contributed by atoms with Crippen LogP contribution in [0.4, 0.5) is 24.7 Å². The Morgan fingerprint density at radius 3 is 2.29 bits per heavy atom. The predicted octanol–water partition coefficient (Wildman–Crippen LogP) is 5.41. The first-order chi connectivity index (χ1) is 16.7. The van der Waals surface area contributed by atoms with Crippen LogP contribution in [0.1, 0.15) is 42.4 Å². The maximum absolute atomic E-state index is 14.9. The molecule has 0 aliphatic carbocycles. The molecular weight excluding hydrogens is 497 g/mol. The molecule has 186 valence electrons. The standard InChI is InChI=1S/C24H25F3N4O2S2/c1-14-2-7-20(25)18(19(14)11-31-16-3-4-17(31)6-5-16)10-28-15-8-21(26)24(22(27)9-15)35(32,33)30-23-12-34-13-29-23/h2,7-9,12-13,16-17,28,30H,3-6,10-11H2,1H3. The zero-order valence-corrected chi connectivity index (χ0v) is 20.7. The summed E-state index contributed by atoms with van der Waals surface area (Å²) < 4.78 is 71.4. The van der Waals surface area contributed by atoms with Crippen LogP contribution in [-0.2, 0) is 23.1 Å². The van der Waals surface area contributed by atoms with Crippen molar-refractivity contribution in [1.82, 2.24) is 9.88 Å². The summed E-state index contributed by atoms with van der Waals surface area (Å²) in [6.07, 6.45) is 4.66. The van der Waals surface area contributed by atoms with Gasteiger partial charge in [0.1, 0.15) is 17.5 Å². The average Bonchev–Trinajstić information content (AvgIpc) is 3.53. The van der Waals surface area contributed by atoms with E-state index >= 15 is 0 Å². The molecule has 2 aliphatic heterocycles. The Balaban J connectivity index is 1.37. The van der Waals surface area contributed by atoms with Crippen LogP contribution in [0.2, 0.25) is 0 Å². The van der Waals surface area contributed by atoms with E-state index in [9.17, 15) is 21.6 Å². The molecule has 0 saturated carbocycles. The predicted molar refractivity (Wildman–Crippen MR) is 129 cm³/mol. The average molecular weight is 523 g/mol. The molecule has 2 aromatic carbocycles. The summed E-state index contributed by atoms with van der Waals surface area (Å²) in [5.74, 6) is -2.93. The summed E-state index contributed by atoms with van der Waals surface area (Å²) in [5.41, 5.74) is 3.69. The first-order valence-corrected chi connectivity index (χ1v) is 13.8. The first kappa shape index (κ1) is 24.1. The highest BCUT2D eigenvalue weighted by Crippen LogP contribution is 2.39. The van der Waals surface area contributed by atoms with Gasteiger partial charge in [-0.15, -0.1) is 11.3 Å². The van der Waals surface area contributed by atoms with Gasteiger partial charge in [0.05, 0.1) is 5.51 Å². The molecule has 6 nitrogen and oxygen atoms in total. The SMILES string of the molecule is Cc1ccc(F)c(CNc2cc(F)c(S(=O)(=O)Nc3cscn3)c(F)c2)c1CN1C2CCC1CC2. The number of sulfonamides is 1. The van der Waals surface area contributed by atoms with Crippen LogP contribution in [0.25, 0.3) is 0 Å². The smallest absolute Gasteiger partial charge is 0.268 e. The Morgan fingerprint density at radius 1 is 1.03 bits per heavy atom. The van der Waals surface area contributed by atoms with Gasteiger partial charge in [-0.2, -0.15) is 0 Å². The molecule has 0 atom stereocenters. The van der Waals surface area contributed by atoms with E-state index in [-0.39, 0.29) is 18.1 Å². The van der Waals surface area contributed by atoms with Gasteiger partial charge in [-0.25, -0.2) is 26.6 Å². The molecule has 2 bridgehead atoms.